The van der Waals surface area contributed by atoms with Crippen LogP contribution in [0, 0.1) is 12.7 Å². The molecule has 128 valence electrons. The van der Waals surface area contributed by atoms with Crippen molar-refractivity contribution in [3.63, 3.8) is 0 Å². The van der Waals surface area contributed by atoms with Crippen LogP contribution < -0.4 is 0 Å². The van der Waals surface area contributed by atoms with Crippen LogP contribution in [0.4, 0.5) is 4.39 Å². The lowest BCUT2D eigenvalue weighted by atomic mass is 10.1. The molecule has 2 aliphatic rings. The minimum Gasteiger partial charge on any atom is -0.392 e. The standard InChI is InChI=1S/C16H23FN2O3S/c1-12-10-15(2-3-16(12)17)23(21,22)19-8-4-13(5-9-19)18-7-6-14(20)11-18/h2-3,10,13-14,20H,4-9,11H2,1H3/t14-/m1/s1. The van der Waals surface area contributed by atoms with Crippen molar-refractivity contribution in [2.75, 3.05) is 26.2 Å². The summed E-state index contributed by atoms with van der Waals surface area (Å²) in [6, 6.07) is 4.28. The average molecular weight is 342 g/mol. The van der Waals surface area contributed by atoms with Gasteiger partial charge in [-0.3, -0.25) is 4.90 Å². The molecule has 2 fully saturated rings. The Labute approximate surface area is 136 Å². The number of benzene rings is 1. The molecule has 0 amide bonds. The van der Waals surface area contributed by atoms with Gasteiger partial charge in [-0.05, 0) is 49.9 Å². The molecule has 0 aromatic heterocycles. The van der Waals surface area contributed by atoms with Gasteiger partial charge in [-0.2, -0.15) is 4.31 Å². The molecule has 5 nitrogen and oxygen atoms in total. The number of aliphatic hydroxyl groups is 1. The van der Waals surface area contributed by atoms with Gasteiger partial charge in [0.15, 0.2) is 0 Å². The van der Waals surface area contributed by atoms with Crippen molar-refractivity contribution in [1.29, 1.82) is 0 Å². The summed E-state index contributed by atoms with van der Waals surface area (Å²) in [5, 5.41) is 9.63. The molecule has 23 heavy (non-hydrogen) atoms. The van der Waals surface area contributed by atoms with E-state index in [-0.39, 0.29) is 11.0 Å². The zero-order chi connectivity index (χ0) is 16.6. The molecule has 0 radical (unpaired) electrons. The van der Waals surface area contributed by atoms with Crippen LogP contribution in [0.25, 0.3) is 0 Å². The van der Waals surface area contributed by atoms with E-state index in [4.69, 9.17) is 0 Å². The summed E-state index contributed by atoms with van der Waals surface area (Å²) in [5.74, 6) is -0.393. The number of piperidine rings is 1. The molecule has 0 spiro atoms. The largest absolute Gasteiger partial charge is 0.392 e. The van der Waals surface area contributed by atoms with E-state index in [0.29, 0.717) is 31.2 Å². The Morgan fingerprint density at radius 1 is 1.17 bits per heavy atom. The van der Waals surface area contributed by atoms with E-state index < -0.39 is 15.8 Å². The van der Waals surface area contributed by atoms with Crippen LogP contribution >= 0.6 is 0 Å². The summed E-state index contributed by atoms with van der Waals surface area (Å²) < 4.78 is 40.2. The minimum absolute atomic E-state index is 0.159. The van der Waals surface area contributed by atoms with Gasteiger partial charge in [0, 0.05) is 32.2 Å². The molecule has 1 N–H and O–H groups in total. The smallest absolute Gasteiger partial charge is 0.243 e. The highest BCUT2D eigenvalue weighted by Gasteiger charge is 2.34. The van der Waals surface area contributed by atoms with Crippen molar-refractivity contribution in [2.45, 2.75) is 43.2 Å². The maximum absolute atomic E-state index is 13.4. The Balaban J connectivity index is 1.67. The van der Waals surface area contributed by atoms with Crippen molar-refractivity contribution < 1.29 is 17.9 Å². The molecule has 2 heterocycles. The Hall–Kier alpha value is -1.02. The highest BCUT2D eigenvalue weighted by Crippen LogP contribution is 2.26. The summed E-state index contributed by atoms with van der Waals surface area (Å²) in [6.45, 7) is 4.08. The number of hydrogen-bond donors (Lipinski definition) is 1. The molecule has 0 saturated carbocycles. The number of sulfonamides is 1. The highest BCUT2D eigenvalue weighted by atomic mass is 32.2. The number of hydrogen-bond acceptors (Lipinski definition) is 4. The fraction of sp³-hybridized carbons (Fsp3) is 0.625. The van der Waals surface area contributed by atoms with Gasteiger partial charge >= 0.3 is 0 Å². The van der Waals surface area contributed by atoms with Gasteiger partial charge in [-0.1, -0.05) is 0 Å². The molecular weight excluding hydrogens is 319 g/mol. The second-order valence-electron chi connectivity index (χ2n) is 6.48. The fourth-order valence-electron chi connectivity index (χ4n) is 3.47. The molecule has 7 heteroatoms. The molecule has 1 aromatic carbocycles. The van der Waals surface area contributed by atoms with Crippen molar-refractivity contribution >= 4 is 10.0 Å². The Morgan fingerprint density at radius 2 is 1.87 bits per heavy atom. The van der Waals surface area contributed by atoms with E-state index in [2.05, 4.69) is 4.90 Å². The van der Waals surface area contributed by atoms with E-state index in [1.807, 2.05) is 0 Å². The number of rotatable bonds is 3. The second-order valence-corrected chi connectivity index (χ2v) is 8.42. The molecule has 2 saturated heterocycles. The van der Waals surface area contributed by atoms with Gasteiger partial charge in [0.05, 0.1) is 11.0 Å². The predicted molar refractivity (Wildman–Crippen MR) is 85.1 cm³/mol. The molecule has 2 aliphatic heterocycles. The normalized spacial score (nSPS) is 25.1. The van der Waals surface area contributed by atoms with Crippen LogP contribution in [0.15, 0.2) is 23.1 Å². The fourth-order valence-corrected chi connectivity index (χ4v) is 5.03. The Bertz CT molecular complexity index is 672. The first kappa shape index (κ1) is 16.8. The number of halogens is 1. The first-order valence-corrected chi connectivity index (χ1v) is 9.50. The molecule has 1 aromatic rings. The van der Waals surface area contributed by atoms with Gasteiger partial charge in [-0.25, -0.2) is 12.8 Å². The molecule has 0 aliphatic carbocycles. The van der Waals surface area contributed by atoms with Gasteiger partial charge < -0.3 is 5.11 Å². The lowest BCUT2D eigenvalue weighted by molar-refractivity contribution is 0.132. The zero-order valence-corrected chi connectivity index (χ0v) is 14.1. The molecule has 0 unspecified atom stereocenters. The summed E-state index contributed by atoms with van der Waals surface area (Å²) >= 11 is 0. The van der Waals surface area contributed by atoms with Crippen molar-refractivity contribution in [1.82, 2.24) is 9.21 Å². The van der Waals surface area contributed by atoms with Crippen LogP contribution in [0.2, 0.25) is 0 Å². The van der Waals surface area contributed by atoms with Crippen LogP contribution in [0.1, 0.15) is 24.8 Å². The van der Waals surface area contributed by atoms with Crippen molar-refractivity contribution in [3.05, 3.63) is 29.6 Å². The van der Waals surface area contributed by atoms with Gasteiger partial charge in [0.1, 0.15) is 5.82 Å². The summed E-state index contributed by atoms with van der Waals surface area (Å²) in [5.41, 5.74) is 0.340. The van der Waals surface area contributed by atoms with Crippen LogP contribution in [-0.4, -0.2) is 61.1 Å². The topological polar surface area (TPSA) is 60.9 Å². The lowest BCUT2D eigenvalue weighted by Gasteiger charge is -2.36. The summed E-state index contributed by atoms with van der Waals surface area (Å²) in [7, 11) is -3.56. The van der Waals surface area contributed by atoms with Crippen molar-refractivity contribution in [3.8, 4) is 0 Å². The number of likely N-dealkylation sites (tertiary alicyclic amines) is 1. The SMILES string of the molecule is Cc1cc(S(=O)(=O)N2CCC(N3CC[C@@H](O)C3)CC2)ccc1F. The molecular formula is C16H23FN2O3S. The number of aryl methyl sites for hydroxylation is 1. The van der Waals surface area contributed by atoms with Gasteiger partial charge in [0.2, 0.25) is 10.0 Å². The monoisotopic (exact) mass is 342 g/mol. The highest BCUT2D eigenvalue weighted by molar-refractivity contribution is 7.89. The Morgan fingerprint density at radius 3 is 2.43 bits per heavy atom. The van der Waals surface area contributed by atoms with E-state index in [1.54, 1.807) is 6.92 Å². The first-order chi connectivity index (χ1) is 10.9. The third-order valence-electron chi connectivity index (χ3n) is 4.90. The number of aliphatic hydroxyl groups excluding tert-OH is 1. The molecule has 3 rings (SSSR count). The van der Waals surface area contributed by atoms with E-state index in [9.17, 15) is 17.9 Å². The molecule has 0 bridgehead atoms. The third kappa shape index (κ3) is 3.42. The van der Waals surface area contributed by atoms with Crippen LogP contribution in [0.3, 0.4) is 0 Å². The zero-order valence-electron chi connectivity index (χ0n) is 13.3. The first-order valence-electron chi connectivity index (χ1n) is 8.06. The maximum Gasteiger partial charge on any atom is 0.243 e. The lowest BCUT2D eigenvalue weighted by Crippen LogP contribution is -2.46. The molecule has 1 atom stereocenters. The number of nitrogens with zero attached hydrogens (tertiary/aromatic N) is 2. The van der Waals surface area contributed by atoms with E-state index in [0.717, 1.165) is 25.8 Å². The summed E-state index contributed by atoms with van der Waals surface area (Å²) in [6.07, 6.45) is 2.09. The number of β-amino-alcohol motifs (C(OH)–C–C–N with tert-alkyl or cyclic N) is 1. The Kier molecular flexibility index (Phi) is 4.73. The third-order valence-corrected chi connectivity index (χ3v) is 6.80. The van der Waals surface area contributed by atoms with Crippen LogP contribution in [-0.2, 0) is 10.0 Å². The van der Waals surface area contributed by atoms with E-state index >= 15 is 0 Å². The predicted octanol–water partition coefficient (Wildman–Crippen LogP) is 1.35. The van der Waals surface area contributed by atoms with Gasteiger partial charge in [-0.15, -0.1) is 0 Å². The quantitative estimate of drug-likeness (QED) is 0.901. The van der Waals surface area contributed by atoms with E-state index in [1.165, 1.54) is 22.5 Å². The maximum atomic E-state index is 13.4. The van der Waals surface area contributed by atoms with Crippen LogP contribution in [0.5, 0.6) is 0 Å². The summed E-state index contributed by atoms with van der Waals surface area (Å²) in [4.78, 5) is 2.42. The second kappa shape index (κ2) is 6.47. The average Bonchev–Trinajstić information content (AvgIpc) is 2.96. The van der Waals surface area contributed by atoms with Crippen molar-refractivity contribution in [2.24, 2.45) is 0 Å². The van der Waals surface area contributed by atoms with Gasteiger partial charge in [0.25, 0.3) is 0 Å². The minimum atomic E-state index is -3.56.